The number of halogens is 3. The fourth-order valence-corrected chi connectivity index (χ4v) is 6.45. The molecule has 0 spiro atoms. The summed E-state index contributed by atoms with van der Waals surface area (Å²) in [4.78, 5) is 16.5. The van der Waals surface area contributed by atoms with Crippen molar-refractivity contribution in [2.75, 3.05) is 31.7 Å². The number of allylic oxidation sites excluding steroid dienone is 3. The number of carbonyl (C=O) groups excluding carboxylic acids is 1. The van der Waals surface area contributed by atoms with E-state index in [0.717, 1.165) is 0 Å². The Morgan fingerprint density at radius 3 is 2.56 bits per heavy atom. The lowest BCUT2D eigenvalue weighted by atomic mass is 9.94. The second kappa shape index (κ2) is 9.86. The molecule has 4 aliphatic heterocycles. The first kappa shape index (κ1) is 28.4. The average molecular weight is 570 g/mol. The van der Waals surface area contributed by atoms with Crippen molar-refractivity contribution < 1.29 is 35.9 Å². The minimum Gasteiger partial charge on any atom is -0.478 e. The number of ether oxygens (including phenoxy) is 2. The van der Waals surface area contributed by atoms with Crippen molar-refractivity contribution in [2.24, 2.45) is 0 Å². The molecule has 39 heavy (non-hydrogen) atoms. The maximum atomic E-state index is 13.2. The number of hydrogen-bond donors (Lipinski definition) is 2. The van der Waals surface area contributed by atoms with E-state index in [1.54, 1.807) is 37.2 Å². The fourth-order valence-electron chi connectivity index (χ4n) is 4.72. The standard InChI is InChI=1S/C25H30F3N5O5S/c1-16-20(21(34)31-23(2)7-9-39(35,36)10-8-23)30-24(3)6-5-18(14-33(16)24)38-22-19(37-15-25(26,27)28)11-17(12-29)13-32(22)4/h5-6,11,14,30H,7-10,13,15H2,1-4H3,(H,31,34). The number of sulfone groups is 1. The number of alkyl halides is 3. The Balaban J connectivity index is 1.56. The number of fused-ring (bicyclic) bond motifs is 1. The number of hydrogen-bond acceptors (Lipinski definition) is 9. The van der Waals surface area contributed by atoms with Crippen LogP contribution < -0.4 is 10.6 Å². The lowest BCUT2D eigenvalue weighted by Crippen LogP contribution is -2.53. The molecular formula is C25H30F3N5O5S. The Hall–Kier alpha value is -3.60. The maximum absolute atomic E-state index is 13.2. The van der Waals surface area contributed by atoms with Gasteiger partial charge in [0, 0.05) is 30.6 Å². The summed E-state index contributed by atoms with van der Waals surface area (Å²) in [6, 6.07) is 1.93. The minimum atomic E-state index is -4.58. The van der Waals surface area contributed by atoms with Crippen molar-refractivity contribution in [2.45, 2.75) is 51.0 Å². The van der Waals surface area contributed by atoms with Gasteiger partial charge in [0.1, 0.15) is 27.0 Å². The zero-order valence-corrected chi connectivity index (χ0v) is 22.8. The molecule has 1 fully saturated rings. The van der Waals surface area contributed by atoms with E-state index in [2.05, 4.69) is 10.6 Å². The van der Waals surface area contributed by atoms with Crippen LogP contribution in [0.25, 0.3) is 0 Å². The Morgan fingerprint density at radius 1 is 1.28 bits per heavy atom. The van der Waals surface area contributed by atoms with Crippen LogP contribution in [-0.2, 0) is 24.1 Å². The lowest BCUT2D eigenvalue weighted by molar-refractivity contribution is -0.165. The highest BCUT2D eigenvalue weighted by Crippen LogP contribution is 2.36. The van der Waals surface area contributed by atoms with E-state index in [1.807, 2.05) is 19.9 Å². The number of likely N-dealkylation sites (N-methyl/N-ethyl adjacent to an activating group) is 1. The summed E-state index contributed by atoms with van der Waals surface area (Å²) in [6.07, 6.45) is 2.26. The van der Waals surface area contributed by atoms with Crippen molar-refractivity contribution in [1.29, 1.82) is 5.26 Å². The van der Waals surface area contributed by atoms with Gasteiger partial charge in [0.15, 0.2) is 12.4 Å². The first-order valence-electron chi connectivity index (χ1n) is 12.2. The lowest BCUT2D eigenvalue weighted by Gasteiger charge is -2.37. The van der Waals surface area contributed by atoms with Gasteiger partial charge in [-0.3, -0.25) is 4.79 Å². The van der Waals surface area contributed by atoms with Gasteiger partial charge in [-0.05, 0) is 45.8 Å². The summed E-state index contributed by atoms with van der Waals surface area (Å²) in [7, 11) is -1.53. The van der Waals surface area contributed by atoms with Gasteiger partial charge < -0.3 is 29.9 Å². The molecule has 1 atom stereocenters. The van der Waals surface area contributed by atoms with Gasteiger partial charge in [0.25, 0.3) is 5.91 Å². The Labute approximate surface area is 225 Å². The van der Waals surface area contributed by atoms with Crippen molar-refractivity contribution in [3.8, 4) is 6.07 Å². The van der Waals surface area contributed by atoms with E-state index in [9.17, 15) is 31.6 Å². The Bertz CT molecular complexity index is 1360. The minimum absolute atomic E-state index is 0.00434. The molecule has 1 unspecified atom stereocenters. The first-order chi connectivity index (χ1) is 18.0. The fraction of sp³-hybridized carbons (Fsp3) is 0.520. The van der Waals surface area contributed by atoms with E-state index in [1.165, 1.54) is 11.0 Å². The maximum Gasteiger partial charge on any atom is 0.422 e. The van der Waals surface area contributed by atoms with Crippen LogP contribution in [0.2, 0.25) is 0 Å². The smallest absolute Gasteiger partial charge is 0.422 e. The van der Waals surface area contributed by atoms with Crippen LogP contribution in [0.3, 0.4) is 0 Å². The number of carbonyl (C=O) groups is 1. The van der Waals surface area contributed by atoms with Gasteiger partial charge in [-0.15, -0.1) is 0 Å². The van der Waals surface area contributed by atoms with Gasteiger partial charge in [-0.2, -0.15) is 18.4 Å². The Morgan fingerprint density at radius 2 is 1.95 bits per heavy atom. The van der Waals surface area contributed by atoms with Gasteiger partial charge in [-0.1, -0.05) is 0 Å². The highest BCUT2D eigenvalue weighted by molar-refractivity contribution is 7.91. The van der Waals surface area contributed by atoms with Crippen molar-refractivity contribution >= 4 is 15.7 Å². The van der Waals surface area contributed by atoms with E-state index < -0.39 is 33.8 Å². The third-order valence-corrected chi connectivity index (χ3v) is 8.67. The number of nitriles is 1. The topological polar surface area (TPSA) is 124 Å². The van der Waals surface area contributed by atoms with Crippen LogP contribution in [0.4, 0.5) is 13.2 Å². The quantitative estimate of drug-likeness (QED) is 0.497. The average Bonchev–Trinajstić information content (AvgIpc) is 3.11. The molecule has 1 saturated heterocycles. The molecule has 1 amide bonds. The summed E-state index contributed by atoms with van der Waals surface area (Å²) in [5.41, 5.74) is -0.401. The molecule has 0 aromatic heterocycles. The van der Waals surface area contributed by atoms with E-state index in [4.69, 9.17) is 9.47 Å². The largest absolute Gasteiger partial charge is 0.478 e. The summed E-state index contributed by atoms with van der Waals surface area (Å²) < 4.78 is 73.0. The van der Waals surface area contributed by atoms with E-state index >= 15 is 0 Å². The number of amides is 1. The molecule has 14 heteroatoms. The van der Waals surface area contributed by atoms with E-state index in [-0.39, 0.29) is 46.9 Å². The molecule has 4 heterocycles. The van der Waals surface area contributed by atoms with Crippen LogP contribution in [-0.4, -0.2) is 73.2 Å². The van der Waals surface area contributed by atoms with Crippen LogP contribution in [0.1, 0.15) is 33.6 Å². The van der Waals surface area contributed by atoms with Crippen molar-refractivity contribution in [1.82, 2.24) is 20.4 Å². The SMILES string of the molecule is CC1=C(C(=O)NC2(C)CCS(=O)(=O)CC2)NC2(C)C=CC(OC3=C(OCC(F)(F)F)C=C(C#N)CN3C)=CN12. The predicted molar refractivity (Wildman–Crippen MR) is 134 cm³/mol. The second-order valence-corrected chi connectivity index (χ2v) is 12.8. The molecule has 2 N–H and O–H groups in total. The zero-order valence-electron chi connectivity index (χ0n) is 22.0. The van der Waals surface area contributed by atoms with Crippen molar-refractivity contribution in [3.63, 3.8) is 0 Å². The zero-order chi connectivity index (χ0) is 28.8. The third kappa shape index (κ3) is 6.19. The molecule has 0 aromatic carbocycles. The summed E-state index contributed by atoms with van der Waals surface area (Å²) in [6.45, 7) is 3.96. The number of rotatable bonds is 6. The number of nitrogens with one attached hydrogen (secondary N) is 2. The highest BCUT2D eigenvalue weighted by Gasteiger charge is 2.43. The molecular weight excluding hydrogens is 539 g/mol. The normalized spacial score (nSPS) is 25.8. The van der Waals surface area contributed by atoms with Crippen LogP contribution in [0.15, 0.2) is 58.8 Å². The number of nitrogens with zero attached hydrogens (tertiary/aromatic N) is 3. The molecule has 4 aliphatic rings. The van der Waals surface area contributed by atoms with Gasteiger partial charge in [0.05, 0.1) is 29.7 Å². The van der Waals surface area contributed by atoms with E-state index in [0.29, 0.717) is 24.2 Å². The summed E-state index contributed by atoms with van der Waals surface area (Å²) in [5.74, 6) is -0.311. The third-order valence-electron chi connectivity index (χ3n) is 7.02. The monoisotopic (exact) mass is 569 g/mol. The molecule has 0 aliphatic carbocycles. The second-order valence-electron chi connectivity index (χ2n) is 10.4. The summed E-state index contributed by atoms with van der Waals surface area (Å²) in [5, 5.41) is 15.4. The molecule has 0 aromatic rings. The van der Waals surface area contributed by atoms with Crippen LogP contribution in [0.5, 0.6) is 0 Å². The molecule has 0 radical (unpaired) electrons. The molecule has 0 bridgehead atoms. The van der Waals surface area contributed by atoms with Crippen LogP contribution >= 0.6 is 0 Å². The summed E-state index contributed by atoms with van der Waals surface area (Å²) >= 11 is 0. The predicted octanol–water partition coefficient (Wildman–Crippen LogP) is 2.49. The molecule has 212 valence electrons. The van der Waals surface area contributed by atoms with Gasteiger partial charge in [-0.25, -0.2) is 8.42 Å². The van der Waals surface area contributed by atoms with Gasteiger partial charge >= 0.3 is 6.18 Å². The molecule has 10 nitrogen and oxygen atoms in total. The molecule has 4 rings (SSSR count). The molecule has 0 saturated carbocycles. The highest BCUT2D eigenvalue weighted by atomic mass is 32.2. The van der Waals surface area contributed by atoms with Gasteiger partial charge in [0.2, 0.25) is 5.88 Å². The van der Waals surface area contributed by atoms with Crippen molar-refractivity contribution in [3.05, 3.63) is 58.8 Å². The Kier molecular flexibility index (Phi) is 7.18. The van der Waals surface area contributed by atoms with Crippen LogP contribution in [0, 0.1) is 11.3 Å². The first-order valence-corrected chi connectivity index (χ1v) is 14.0.